The Labute approximate surface area is 146 Å². The van der Waals surface area contributed by atoms with Gasteiger partial charge in [0.15, 0.2) is 5.82 Å². The summed E-state index contributed by atoms with van der Waals surface area (Å²) in [6, 6.07) is 10.3. The van der Waals surface area contributed by atoms with Crippen LogP contribution in [0.25, 0.3) is 0 Å². The van der Waals surface area contributed by atoms with Crippen LogP contribution >= 0.6 is 0 Å². The lowest BCUT2D eigenvalue weighted by atomic mass is 10.1. The molecular weight excluding hydrogens is 318 g/mol. The first kappa shape index (κ1) is 16.0. The van der Waals surface area contributed by atoms with Gasteiger partial charge >= 0.3 is 0 Å². The van der Waals surface area contributed by atoms with Crippen LogP contribution in [-0.2, 0) is 17.8 Å². The molecule has 3 heterocycles. The molecule has 0 saturated carbocycles. The van der Waals surface area contributed by atoms with Crippen LogP contribution in [0.2, 0.25) is 0 Å². The summed E-state index contributed by atoms with van der Waals surface area (Å²) in [7, 11) is 0. The van der Waals surface area contributed by atoms with E-state index in [1.165, 1.54) is 5.56 Å². The highest BCUT2D eigenvalue weighted by atomic mass is 16.5. The summed E-state index contributed by atoms with van der Waals surface area (Å²) in [5.74, 6) is 1.65. The Balaban J connectivity index is 1.50. The average molecular weight is 339 g/mol. The van der Waals surface area contributed by atoms with Gasteiger partial charge in [-0.3, -0.25) is 4.90 Å². The first-order valence-electron chi connectivity index (χ1n) is 8.45. The Hall–Kier alpha value is -2.51. The molecule has 1 aliphatic heterocycles. The number of ether oxygens (including phenoxy) is 1. The van der Waals surface area contributed by atoms with E-state index in [2.05, 4.69) is 32.3 Å². The van der Waals surface area contributed by atoms with Crippen molar-refractivity contribution in [1.29, 1.82) is 0 Å². The zero-order chi connectivity index (χ0) is 17.1. The normalized spacial score (nSPS) is 18.5. The average Bonchev–Trinajstić information content (AvgIpc) is 3.26. The lowest BCUT2D eigenvalue weighted by Gasteiger charge is -2.33. The lowest BCUT2D eigenvalue weighted by Crippen LogP contribution is -2.39. The van der Waals surface area contributed by atoms with Crippen molar-refractivity contribution < 1.29 is 9.26 Å². The molecule has 130 valence electrons. The highest BCUT2D eigenvalue weighted by molar-refractivity contribution is 5.15. The van der Waals surface area contributed by atoms with Crippen LogP contribution in [0.1, 0.15) is 28.8 Å². The Bertz CT molecular complexity index is 814. The number of rotatable bonds is 5. The fraction of sp³-hybridized carbons (Fsp3) is 0.389. The van der Waals surface area contributed by atoms with E-state index in [9.17, 15) is 0 Å². The maximum absolute atomic E-state index is 5.67. The molecule has 3 aromatic rings. The monoisotopic (exact) mass is 339 g/mol. The van der Waals surface area contributed by atoms with Crippen LogP contribution in [0.5, 0.6) is 0 Å². The second kappa shape index (κ2) is 7.16. The van der Waals surface area contributed by atoms with Gasteiger partial charge in [0, 0.05) is 18.7 Å². The third-order valence-electron chi connectivity index (χ3n) is 4.50. The fourth-order valence-electron chi connectivity index (χ4n) is 3.06. The molecule has 1 atom stereocenters. The number of hydrogen-bond donors (Lipinski definition) is 0. The third-order valence-corrected chi connectivity index (χ3v) is 4.50. The summed E-state index contributed by atoms with van der Waals surface area (Å²) in [5, 5.41) is 8.54. The van der Waals surface area contributed by atoms with Gasteiger partial charge in [-0.1, -0.05) is 35.5 Å². The van der Waals surface area contributed by atoms with Crippen molar-refractivity contribution in [2.24, 2.45) is 0 Å². The quantitative estimate of drug-likeness (QED) is 0.710. The van der Waals surface area contributed by atoms with E-state index >= 15 is 0 Å². The number of nitrogens with zero attached hydrogens (tertiary/aromatic N) is 5. The van der Waals surface area contributed by atoms with Gasteiger partial charge in [-0.2, -0.15) is 5.10 Å². The van der Waals surface area contributed by atoms with Crippen LogP contribution < -0.4 is 0 Å². The minimum absolute atomic E-state index is 0.0417. The molecule has 1 saturated heterocycles. The van der Waals surface area contributed by atoms with Gasteiger partial charge < -0.3 is 9.26 Å². The number of morpholine rings is 1. The van der Waals surface area contributed by atoms with Crippen LogP contribution in [-0.4, -0.2) is 44.6 Å². The molecule has 25 heavy (non-hydrogen) atoms. The highest BCUT2D eigenvalue weighted by Gasteiger charge is 2.28. The first-order chi connectivity index (χ1) is 12.3. The van der Waals surface area contributed by atoms with Crippen LogP contribution in [0.4, 0.5) is 0 Å². The molecule has 1 aromatic carbocycles. The van der Waals surface area contributed by atoms with Crippen molar-refractivity contribution in [2.45, 2.75) is 26.1 Å². The molecule has 0 bridgehead atoms. The predicted octanol–water partition coefficient (Wildman–Crippen LogP) is 2.20. The molecule has 1 aliphatic rings. The molecule has 4 rings (SSSR count). The summed E-state index contributed by atoms with van der Waals surface area (Å²) in [6.45, 7) is 5.56. The van der Waals surface area contributed by atoms with Gasteiger partial charge in [-0.05, 0) is 12.5 Å². The van der Waals surface area contributed by atoms with Crippen molar-refractivity contribution in [1.82, 2.24) is 24.8 Å². The van der Waals surface area contributed by atoms with E-state index in [-0.39, 0.29) is 6.04 Å². The van der Waals surface area contributed by atoms with E-state index in [0.717, 1.165) is 30.2 Å². The zero-order valence-corrected chi connectivity index (χ0v) is 14.2. The Morgan fingerprint density at radius 1 is 1.20 bits per heavy atom. The number of aromatic nitrogens is 4. The molecule has 1 unspecified atom stereocenters. The first-order valence-corrected chi connectivity index (χ1v) is 8.45. The van der Waals surface area contributed by atoms with Gasteiger partial charge in [0.25, 0.3) is 0 Å². The zero-order valence-electron chi connectivity index (χ0n) is 14.2. The minimum Gasteiger partial charge on any atom is -0.378 e. The van der Waals surface area contributed by atoms with Crippen molar-refractivity contribution in [3.8, 4) is 0 Å². The van der Waals surface area contributed by atoms with Crippen LogP contribution in [0.3, 0.4) is 0 Å². The molecule has 0 aliphatic carbocycles. The lowest BCUT2D eigenvalue weighted by molar-refractivity contribution is -0.0161. The summed E-state index contributed by atoms with van der Waals surface area (Å²) in [4.78, 5) is 6.85. The second-order valence-corrected chi connectivity index (χ2v) is 6.25. The van der Waals surface area contributed by atoms with Gasteiger partial charge in [0.1, 0.15) is 12.1 Å². The number of benzene rings is 1. The van der Waals surface area contributed by atoms with Crippen LogP contribution in [0, 0.1) is 6.92 Å². The molecule has 0 amide bonds. The predicted molar refractivity (Wildman–Crippen MR) is 90.8 cm³/mol. The third kappa shape index (κ3) is 3.62. The number of aryl methyl sites for hydroxylation is 1. The molecule has 2 aromatic heterocycles. The van der Waals surface area contributed by atoms with Crippen molar-refractivity contribution in [3.05, 3.63) is 65.6 Å². The standard InChI is InChI=1S/C18H21N5O2/c1-14-16(9-20-25-14)11-22-7-8-24-12-17(22)18-19-13-23(21-18)10-15-5-3-2-4-6-15/h2-6,9,13,17H,7-8,10-12H2,1H3. The van der Waals surface area contributed by atoms with E-state index in [1.54, 1.807) is 12.5 Å². The second-order valence-electron chi connectivity index (χ2n) is 6.25. The number of hydrogen-bond acceptors (Lipinski definition) is 6. The van der Waals surface area contributed by atoms with Gasteiger partial charge in [0.05, 0.1) is 32.0 Å². The summed E-state index contributed by atoms with van der Waals surface area (Å²) in [6.07, 6.45) is 3.57. The molecule has 7 nitrogen and oxygen atoms in total. The molecule has 0 N–H and O–H groups in total. The SMILES string of the molecule is Cc1oncc1CN1CCOCC1c1ncn(Cc2ccccc2)n1. The van der Waals surface area contributed by atoms with Crippen molar-refractivity contribution >= 4 is 0 Å². The molecular formula is C18H21N5O2. The molecule has 1 fully saturated rings. The fourth-order valence-corrected chi connectivity index (χ4v) is 3.06. The maximum Gasteiger partial charge on any atom is 0.170 e. The topological polar surface area (TPSA) is 69.2 Å². The highest BCUT2D eigenvalue weighted by Crippen LogP contribution is 2.24. The van der Waals surface area contributed by atoms with Crippen LogP contribution in [0.15, 0.2) is 47.4 Å². The van der Waals surface area contributed by atoms with Gasteiger partial charge in [-0.25, -0.2) is 9.67 Å². The van der Waals surface area contributed by atoms with Crippen molar-refractivity contribution in [2.75, 3.05) is 19.8 Å². The maximum atomic E-state index is 5.67. The Kier molecular flexibility index (Phi) is 4.58. The molecule has 0 spiro atoms. The largest absolute Gasteiger partial charge is 0.378 e. The van der Waals surface area contributed by atoms with E-state index < -0.39 is 0 Å². The van der Waals surface area contributed by atoms with E-state index in [4.69, 9.17) is 9.26 Å². The smallest absolute Gasteiger partial charge is 0.170 e. The summed E-state index contributed by atoms with van der Waals surface area (Å²) < 4.78 is 12.7. The molecule has 7 heteroatoms. The Morgan fingerprint density at radius 3 is 2.88 bits per heavy atom. The van der Waals surface area contributed by atoms with Gasteiger partial charge in [0.2, 0.25) is 0 Å². The Morgan fingerprint density at radius 2 is 2.08 bits per heavy atom. The molecule has 0 radical (unpaired) electrons. The van der Waals surface area contributed by atoms with Crippen molar-refractivity contribution in [3.63, 3.8) is 0 Å². The van der Waals surface area contributed by atoms with Gasteiger partial charge in [-0.15, -0.1) is 0 Å². The van der Waals surface area contributed by atoms with E-state index in [0.29, 0.717) is 19.8 Å². The minimum atomic E-state index is 0.0417. The van der Waals surface area contributed by atoms with E-state index in [1.807, 2.05) is 29.8 Å². The summed E-state index contributed by atoms with van der Waals surface area (Å²) in [5.41, 5.74) is 2.30. The summed E-state index contributed by atoms with van der Waals surface area (Å²) >= 11 is 0.